The number of hydrogen-bond donors (Lipinski definition) is 2. The van der Waals surface area contributed by atoms with Crippen molar-refractivity contribution in [2.75, 3.05) is 6.54 Å². The molecule has 3 rings (SSSR count). The zero-order valence-electron chi connectivity index (χ0n) is 14.2. The minimum absolute atomic E-state index is 0.129. The Hall–Kier alpha value is -1.98. The van der Waals surface area contributed by atoms with Crippen LogP contribution in [0.25, 0.3) is 0 Å². The topological polar surface area (TPSA) is 32.3 Å². The molecule has 0 saturated heterocycles. The summed E-state index contributed by atoms with van der Waals surface area (Å²) in [4.78, 5) is 0. The van der Waals surface area contributed by atoms with E-state index in [9.17, 15) is 13.9 Å². The molecular formula is C21H17Cl2F2NO. The lowest BCUT2D eigenvalue weighted by Crippen LogP contribution is -2.39. The lowest BCUT2D eigenvalue weighted by Gasteiger charge is -2.30. The zero-order valence-corrected chi connectivity index (χ0v) is 15.7. The fraction of sp³-hybridized carbons (Fsp3) is 0.143. The first-order chi connectivity index (χ1) is 12.9. The molecular weight excluding hydrogens is 391 g/mol. The van der Waals surface area contributed by atoms with Gasteiger partial charge in [0.2, 0.25) is 0 Å². The zero-order chi connectivity index (χ0) is 19.4. The van der Waals surface area contributed by atoms with Gasteiger partial charge in [-0.2, -0.15) is 0 Å². The van der Waals surface area contributed by atoms with Gasteiger partial charge in [0.25, 0.3) is 0 Å². The Kier molecular flexibility index (Phi) is 6.12. The van der Waals surface area contributed by atoms with E-state index in [2.05, 4.69) is 5.32 Å². The summed E-state index contributed by atoms with van der Waals surface area (Å²) in [6, 6.07) is 16.4. The molecule has 0 unspecified atom stereocenters. The summed E-state index contributed by atoms with van der Waals surface area (Å²) in [6.45, 7) is 0.562. The van der Waals surface area contributed by atoms with Gasteiger partial charge in [-0.1, -0.05) is 53.5 Å². The van der Waals surface area contributed by atoms with Crippen LogP contribution in [-0.4, -0.2) is 11.7 Å². The van der Waals surface area contributed by atoms with E-state index < -0.39 is 17.2 Å². The molecule has 0 fully saturated rings. The van der Waals surface area contributed by atoms with Crippen molar-refractivity contribution in [2.45, 2.75) is 12.1 Å². The van der Waals surface area contributed by atoms with Gasteiger partial charge in [0, 0.05) is 13.1 Å². The number of rotatable bonds is 6. The van der Waals surface area contributed by atoms with Gasteiger partial charge < -0.3 is 10.4 Å². The van der Waals surface area contributed by atoms with Crippen LogP contribution in [0.4, 0.5) is 8.78 Å². The first kappa shape index (κ1) is 19.8. The van der Waals surface area contributed by atoms with Gasteiger partial charge in [0.15, 0.2) is 0 Å². The molecule has 2 nitrogen and oxygen atoms in total. The van der Waals surface area contributed by atoms with Gasteiger partial charge in [-0.25, -0.2) is 8.78 Å². The predicted octanol–water partition coefficient (Wildman–Crippen LogP) is 5.30. The number of hydrogen-bond acceptors (Lipinski definition) is 2. The third kappa shape index (κ3) is 4.66. The van der Waals surface area contributed by atoms with E-state index in [0.29, 0.717) is 27.7 Å². The average Bonchev–Trinajstić information content (AvgIpc) is 2.65. The highest BCUT2D eigenvalue weighted by Gasteiger charge is 2.31. The predicted molar refractivity (Wildman–Crippen MR) is 104 cm³/mol. The molecule has 0 aliphatic heterocycles. The quantitative estimate of drug-likeness (QED) is 0.581. The van der Waals surface area contributed by atoms with Crippen LogP contribution in [0.15, 0.2) is 66.7 Å². The van der Waals surface area contributed by atoms with Gasteiger partial charge >= 0.3 is 0 Å². The second-order valence-electron chi connectivity index (χ2n) is 6.23. The van der Waals surface area contributed by atoms with Crippen molar-refractivity contribution in [3.63, 3.8) is 0 Å². The molecule has 3 aromatic rings. The molecule has 0 spiro atoms. The maximum absolute atomic E-state index is 13.3. The molecule has 0 radical (unpaired) electrons. The third-order valence-corrected chi connectivity index (χ3v) is 5.08. The van der Waals surface area contributed by atoms with Crippen LogP contribution in [0.5, 0.6) is 0 Å². The third-order valence-electron chi connectivity index (χ3n) is 4.34. The summed E-state index contributed by atoms with van der Waals surface area (Å²) in [5, 5.41) is 15.4. The summed E-state index contributed by atoms with van der Waals surface area (Å²) in [6.07, 6.45) is 0. The van der Waals surface area contributed by atoms with Crippen LogP contribution >= 0.6 is 23.2 Å². The van der Waals surface area contributed by atoms with Gasteiger partial charge in [0.05, 0.1) is 10.0 Å². The minimum Gasteiger partial charge on any atom is -0.379 e. The van der Waals surface area contributed by atoms with Gasteiger partial charge in [-0.15, -0.1) is 0 Å². The standard InChI is InChI=1S/C21H17Cl2F2NO/c22-19-10-1-14(11-20(19)23)12-26-13-21(27,15-2-6-17(24)7-3-15)16-4-8-18(25)9-5-16/h1-11,26-27H,12-13H2. The summed E-state index contributed by atoms with van der Waals surface area (Å²) in [5.74, 6) is -0.798. The van der Waals surface area contributed by atoms with Crippen LogP contribution in [-0.2, 0) is 12.1 Å². The van der Waals surface area contributed by atoms with E-state index in [1.807, 2.05) is 6.07 Å². The van der Waals surface area contributed by atoms with E-state index in [1.54, 1.807) is 12.1 Å². The maximum atomic E-state index is 13.3. The van der Waals surface area contributed by atoms with E-state index in [0.717, 1.165) is 5.56 Å². The molecule has 2 N–H and O–H groups in total. The molecule has 0 aliphatic carbocycles. The molecule has 0 saturated carbocycles. The summed E-state index contributed by atoms with van der Waals surface area (Å²) in [7, 11) is 0. The second-order valence-corrected chi connectivity index (χ2v) is 7.04. The average molecular weight is 408 g/mol. The Morgan fingerprint density at radius 3 is 1.78 bits per heavy atom. The smallest absolute Gasteiger partial charge is 0.127 e. The van der Waals surface area contributed by atoms with Crippen LogP contribution in [0, 0.1) is 11.6 Å². The summed E-state index contributed by atoms with van der Waals surface area (Å²) in [5.41, 5.74) is 0.428. The highest BCUT2D eigenvalue weighted by atomic mass is 35.5. The van der Waals surface area contributed by atoms with Crippen molar-refractivity contribution in [1.29, 1.82) is 0 Å². The summed E-state index contributed by atoms with van der Waals surface area (Å²) >= 11 is 11.9. The van der Waals surface area contributed by atoms with E-state index in [4.69, 9.17) is 23.2 Å². The highest BCUT2D eigenvalue weighted by molar-refractivity contribution is 6.42. The van der Waals surface area contributed by atoms with Crippen molar-refractivity contribution < 1.29 is 13.9 Å². The van der Waals surface area contributed by atoms with Gasteiger partial charge in [-0.05, 0) is 53.1 Å². The number of halogens is 4. The molecule has 0 bridgehead atoms. The lowest BCUT2D eigenvalue weighted by atomic mass is 9.86. The van der Waals surface area contributed by atoms with Crippen LogP contribution in [0.2, 0.25) is 10.0 Å². The molecule has 0 aromatic heterocycles. The Morgan fingerprint density at radius 2 is 1.30 bits per heavy atom. The Bertz CT molecular complexity index is 869. The van der Waals surface area contributed by atoms with Gasteiger partial charge in [0.1, 0.15) is 17.2 Å². The van der Waals surface area contributed by atoms with Crippen LogP contribution < -0.4 is 5.32 Å². The Balaban J connectivity index is 1.84. The fourth-order valence-electron chi connectivity index (χ4n) is 2.86. The molecule has 140 valence electrons. The van der Waals surface area contributed by atoms with E-state index >= 15 is 0 Å². The Morgan fingerprint density at radius 1 is 0.778 bits per heavy atom. The molecule has 0 amide bonds. The van der Waals surface area contributed by atoms with E-state index in [-0.39, 0.29) is 6.54 Å². The van der Waals surface area contributed by atoms with Crippen LogP contribution in [0.3, 0.4) is 0 Å². The monoisotopic (exact) mass is 407 g/mol. The second kappa shape index (κ2) is 8.36. The molecule has 6 heteroatoms. The van der Waals surface area contributed by atoms with Crippen molar-refractivity contribution in [3.05, 3.63) is 105 Å². The molecule has 3 aromatic carbocycles. The maximum Gasteiger partial charge on any atom is 0.127 e. The molecule has 27 heavy (non-hydrogen) atoms. The van der Waals surface area contributed by atoms with Gasteiger partial charge in [-0.3, -0.25) is 0 Å². The number of benzene rings is 3. The van der Waals surface area contributed by atoms with Crippen molar-refractivity contribution >= 4 is 23.2 Å². The lowest BCUT2D eigenvalue weighted by molar-refractivity contribution is 0.0795. The Labute approximate surface area is 166 Å². The summed E-state index contributed by atoms with van der Waals surface area (Å²) < 4.78 is 26.6. The largest absolute Gasteiger partial charge is 0.379 e. The minimum atomic E-state index is -1.46. The number of aliphatic hydroxyl groups is 1. The first-order valence-electron chi connectivity index (χ1n) is 8.27. The molecule has 0 atom stereocenters. The number of nitrogens with one attached hydrogen (secondary N) is 1. The normalized spacial score (nSPS) is 11.6. The SMILES string of the molecule is OC(CNCc1ccc(Cl)c(Cl)c1)(c1ccc(F)cc1)c1ccc(F)cc1. The molecule has 0 aliphatic rings. The molecule has 0 heterocycles. The van der Waals surface area contributed by atoms with Crippen LogP contribution in [0.1, 0.15) is 16.7 Å². The first-order valence-corrected chi connectivity index (χ1v) is 9.03. The van der Waals surface area contributed by atoms with Crippen molar-refractivity contribution in [2.24, 2.45) is 0 Å². The fourth-order valence-corrected chi connectivity index (χ4v) is 3.18. The van der Waals surface area contributed by atoms with Crippen molar-refractivity contribution in [3.8, 4) is 0 Å². The van der Waals surface area contributed by atoms with Crippen molar-refractivity contribution in [1.82, 2.24) is 5.32 Å². The van der Waals surface area contributed by atoms with E-state index in [1.165, 1.54) is 48.5 Å². The highest BCUT2D eigenvalue weighted by Crippen LogP contribution is 2.30.